The highest BCUT2D eigenvalue weighted by Gasteiger charge is 2.41. The number of nitrogens with one attached hydrogen (secondary N) is 2. The van der Waals surface area contributed by atoms with Gasteiger partial charge in [0.2, 0.25) is 0 Å². The first-order chi connectivity index (χ1) is 9.46. The van der Waals surface area contributed by atoms with Crippen LogP contribution in [0.15, 0.2) is 18.2 Å². The molecule has 0 radical (unpaired) electrons. The lowest BCUT2D eigenvalue weighted by atomic mass is 10.1. The molecular weight excluding hydrogens is 276 g/mol. The largest absolute Gasteiger partial charge is 0.478 e. The molecule has 0 unspecified atom stereocenters. The van der Waals surface area contributed by atoms with Gasteiger partial charge in [0.05, 0.1) is 5.56 Å². The third kappa shape index (κ3) is 3.45. The van der Waals surface area contributed by atoms with Crippen LogP contribution >= 0.6 is 11.8 Å². The zero-order valence-electron chi connectivity index (χ0n) is 11.5. The second kappa shape index (κ2) is 5.75. The molecular formula is C14H18N2O3S. The molecule has 0 spiro atoms. The van der Waals surface area contributed by atoms with Gasteiger partial charge >= 0.3 is 12.0 Å². The topological polar surface area (TPSA) is 78.4 Å². The molecule has 6 heteroatoms. The SMILES string of the molecule is CSC1(CNC(=O)Nc2ccc(C(=O)O)c(C)c2)CC1. The fraction of sp³-hybridized carbons (Fsp3) is 0.429. The van der Waals surface area contributed by atoms with Gasteiger partial charge in [-0.15, -0.1) is 0 Å². The first kappa shape index (κ1) is 14.7. The third-order valence-electron chi connectivity index (χ3n) is 3.53. The number of carbonyl (C=O) groups is 2. The number of hydrogen-bond donors (Lipinski definition) is 3. The molecule has 2 amide bonds. The number of aromatic carboxylic acids is 1. The quantitative estimate of drug-likeness (QED) is 0.780. The number of carboxylic acid groups (broad SMARTS) is 1. The summed E-state index contributed by atoms with van der Waals surface area (Å²) in [4.78, 5) is 22.7. The molecule has 1 aromatic carbocycles. The number of benzene rings is 1. The fourth-order valence-corrected chi connectivity index (χ4v) is 2.72. The van der Waals surface area contributed by atoms with Gasteiger partial charge < -0.3 is 15.7 Å². The van der Waals surface area contributed by atoms with Crippen molar-refractivity contribution in [2.75, 3.05) is 18.1 Å². The van der Waals surface area contributed by atoms with Crippen LogP contribution in [-0.4, -0.2) is 34.7 Å². The number of anilines is 1. The standard InChI is InChI=1S/C14H18N2O3S/c1-9-7-10(3-4-11(9)12(17)18)16-13(19)15-8-14(20-2)5-6-14/h3-4,7H,5-6,8H2,1-2H3,(H,17,18)(H2,15,16,19). The lowest BCUT2D eigenvalue weighted by molar-refractivity contribution is 0.0696. The number of hydrogen-bond acceptors (Lipinski definition) is 3. The van der Waals surface area contributed by atoms with E-state index in [-0.39, 0.29) is 16.3 Å². The second-order valence-electron chi connectivity index (χ2n) is 5.03. The first-order valence-electron chi connectivity index (χ1n) is 6.40. The van der Waals surface area contributed by atoms with Crippen LogP contribution in [0.2, 0.25) is 0 Å². The Hall–Kier alpha value is -1.69. The monoisotopic (exact) mass is 294 g/mol. The molecule has 20 heavy (non-hydrogen) atoms. The molecule has 0 heterocycles. The van der Waals surface area contributed by atoms with Gasteiger partial charge in [0.25, 0.3) is 0 Å². The minimum absolute atomic E-state index is 0.223. The normalized spacial score (nSPS) is 15.5. The Labute approximate surface area is 122 Å². The molecule has 1 fully saturated rings. The van der Waals surface area contributed by atoms with Crippen LogP contribution in [0.25, 0.3) is 0 Å². The average Bonchev–Trinajstić information content (AvgIpc) is 3.17. The summed E-state index contributed by atoms with van der Waals surface area (Å²) in [5.74, 6) is -0.964. The van der Waals surface area contributed by atoms with Crippen LogP contribution in [0.3, 0.4) is 0 Å². The Morgan fingerprint density at radius 2 is 2.10 bits per heavy atom. The van der Waals surface area contributed by atoms with Gasteiger partial charge in [-0.3, -0.25) is 0 Å². The molecule has 0 atom stereocenters. The van der Waals surface area contributed by atoms with E-state index in [1.807, 2.05) is 0 Å². The molecule has 0 aromatic heterocycles. The van der Waals surface area contributed by atoms with Gasteiger partial charge in [0, 0.05) is 17.0 Å². The van der Waals surface area contributed by atoms with E-state index >= 15 is 0 Å². The van der Waals surface area contributed by atoms with E-state index in [9.17, 15) is 9.59 Å². The molecule has 1 saturated carbocycles. The Kier molecular flexibility index (Phi) is 4.23. The van der Waals surface area contributed by atoms with Gasteiger partial charge in [0.15, 0.2) is 0 Å². The summed E-state index contributed by atoms with van der Waals surface area (Å²) < 4.78 is 0.223. The predicted octanol–water partition coefficient (Wildman–Crippen LogP) is 2.71. The zero-order valence-corrected chi connectivity index (χ0v) is 12.3. The summed E-state index contributed by atoms with van der Waals surface area (Å²) >= 11 is 1.79. The van der Waals surface area contributed by atoms with Crippen molar-refractivity contribution in [1.82, 2.24) is 5.32 Å². The van der Waals surface area contributed by atoms with Crippen molar-refractivity contribution >= 4 is 29.4 Å². The van der Waals surface area contributed by atoms with E-state index in [4.69, 9.17) is 5.11 Å². The summed E-state index contributed by atoms with van der Waals surface area (Å²) in [6, 6.07) is 4.49. The van der Waals surface area contributed by atoms with Crippen LogP contribution in [-0.2, 0) is 0 Å². The maximum Gasteiger partial charge on any atom is 0.335 e. The number of aryl methyl sites for hydroxylation is 1. The van der Waals surface area contributed by atoms with E-state index < -0.39 is 5.97 Å². The minimum atomic E-state index is -0.964. The molecule has 0 bridgehead atoms. The van der Waals surface area contributed by atoms with Crippen LogP contribution in [0.4, 0.5) is 10.5 Å². The molecule has 3 N–H and O–H groups in total. The summed E-state index contributed by atoms with van der Waals surface area (Å²) in [7, 11) is 0. The Bertz CT molecular complexity index is 541. The van der Waals surface area contributed by atoms with Crippen molar-refractivity contribution in [3.63, 3.8) is 0 Å². The van der Waals surface area contributed by atoms with Crippen LogP contribution in [0, 0.1) is 6.92 Å². The molecule has 1 aromatic rings. The van der Waals surface area contributed by atoms with E-state index in [2.05, 4.69) is 16.9 Å². The molecule has 1 aliphatic rings. The third-order valence-corrected chi connectivity index (χ3v) is 4.95. The molecule has 5 nitrogen and oxygen atoms in total. The zero-order chi connectivity index (χ0) is 14.8. The Balaban J connectivity index is 1.91. The smallest absolute Gasteiger partial charge is 0.335 e. The highest BCUT2D eigenvalue weighted by molar-refractivity contribution is 8.00. The number of thioether (sulfide) groups is 1. The second-order valence-corrected chi connectivity index (χ2v) is 6.30. The molecule has 1 aliphatic carbocycles. The van der Waals surface area contributed by atoms with Gasteiger partial charge in [-0.05, 0) is 49.8 Å². The van der Waals surface area contributed by atoms with Crippen LogP contribution in [0.1, 0.15) is 28.8 Å². The number of rotatable bonds is 5. The number of carbonyl (C=O) groups excluding carboxylic acids is 1. The van der Waals surface area contributed by atoms with Crippen molar-refractivity contribution < 1.29 is 14.7 Å². The van der Waals surface area contributed by atoms with Crippen molar-refractivity contribution in [3.8, 4) is 0 Å². The Morgan fingerprint density at radius 1 is 1.40 bits per heavy atom. The summed E-state index contributed by atoms with van der Waals surface area (Å²) in [6.45, 7) is 2.37. The maximum atomic E-state index is 11.8. The van der Waals surface area contributed by atoms with Gasteiger partial charge in [-0.25, -0.2) is 9.59 Å². The lowest BCUT2D eigenvalue weighted by Gasteiger charge is -2.14. The van der Waals surface area contributed by atoms with Crippen LogP contribution < -0.4 is 10.6 Å². The number of urea groups is 1. The molecule has 0 saturated heterocycles. The summed E-state index contributed by atoms with van der Waals surface area (Å²) in [6.07, 6.45) is 4.34. The van der Waals surface area contributed by atoms with Crippen molar-refractivity contribution in [3.05, 3.63) is 29.3 Å². The molecule has 108 valence electrons. The van der Waals surface area contributed by atoms with E-state index in [0.29, 0.717) is 17.8 Å². The number of carboxylic acids is 1. The fourth-order valence-electron chi connectivity index (χ4n) is 1.99. The van der Waals surface area contributed by atoms with Gasteiger partial charge in [0.1, 0.15) is 0 Å². The highest BCUT2D eigenvalue weighted by Crippen LogP contribution is 2.46. The van der Waals surface area contributed by atoms with Crippen LogP contribution in [0.5, 0.6) is 0 Å². The molecule has 2 rings (SSSR count). The summed E-state index contributed by atoms with van der Waals surface area (Å²) in [5.41, 5.74) is 1.47. The van der Waals surface area contributed by atoms with E-state index in [0.717, 1.165) is 12.8 Å². The predicted molar refractivity (Wildman–Crippen MR) is 80.6 cm³/mol. The average molecular weight is 294 g/mol. The molecule has 0 aliphatic heterocycles. The highest BCUT2D eigenvalue weighted by atomic mass is 32.2. The summed E-state index contributed by atoms with van der Waals surface area (Å²) in [5, 5.41) is 14.5. The van der Waals surface area contributed by atoms with Gasteiger partial charge in [-0.2, -0.15) is 11.8 Å². The maximum absolute atomic E-state index is 11.8. The van der Waals surface area contributed by atoms with E-state index in [1.54, 1.807) is 30.8 Å². The number of amides is 2. The van der Waals surface area contributed by atoms with Crippen molar-refractivity contribution in [2.24, 2.45) is 0 Å². The van der Waals surface area contributed by atoms with Crippen molar-refractivity contribution in [1.29, 1.82) is 0 Å². The minimum Gasteiger partial charge on any atom is -0.478 e. The lowest BCUT2D eigenvalue weighted by Crippen LogP contribution is -2.35. The van der Waals surface area contributed by atoms with Crippen molar-refractivity contribution in [2.45, 2.75) is 24.5 Å². The van der Waals surface area contributed by atoms with E-state index in [1.165, 1.54) is 6.07 Å². The Morgan fingerprint density at radius 3 is 2.60 bits per heavy atom. The first-order valence-corrected chi connectivity index (χ1v) is 7.62. The van der Waals surface area contributed by atoms with Gasteiger partial charge in [-0.1, -0.05) is 0 Å².